The van der Waals surface area contributed by atoms with E-state index in [1.54, 1.807) is 11.3 Å². The van der Waals surface area contributed by atoms with Gasteiger partial charge in [0.05, 0.1) is 31.5 Å². The van der Waals surface area contributed by atoms with Crippen LogP contribution in [-0.4, -0.2) is 9.97 Å². The Morgan fingerprint density at radius 3 is 1.49 bits per heavy atom. The second kappa shape index (κ2) is 12.2. The van der Waals surface area contributed by atoms with Gasteiger partial charge in [-0.3, -0.25) is 0 Å². The fourth-order valence-corrected chi connectivity index (χ4v) is 8.63. The fraction of sp³-hybridized carbons (Fsp3) is 0. The smallest absolute Gasteiger partial charge is 0.0910 e. The monoisotopic (exact) mass is 666 g/mol. The zero-order chi connectivity index (χ0) is 33.7. The first kappa shape index (κ1) is 29.5. The van der Waals surface area contributed by atoms with E-state index in [4.69, 9.17) is 9.97 Å². The van der Waals surface area contributed by atoms with Gasteiger partial charge in [0.1, 0.15) is 0 Å². The van der Waals surface area contributed by atoms with Crippen molar-refractivity contribution in [3.63, 3.8) is 0 Å². The predicted octanol–water partition coefficient (Wildman–Crippen LogP) is 13.5. The number of rotatable bonds is 5. The summed E-state index contributed by atoms with van der Waals surface area (Å²) in [7, 11) is 0. The van der Waals surface area contributed by atoms with Crippen LogP contribution < -0.4 is 0 Å². The first-order valence-electron chi connectivity index (χ1n) is 17.3. The van der Waals surface area contributed by atoms with E-state index in [9.17, 15) is 0 Å². The van der Waals surface area contributed by atoms with Gasteiger partial charge in [-0.1, -0.05) is 158 Å². The Bertz CT molecular complexity index is 2910. The van der Waals surface area contributed by atoms with Crippen molar-refractivity contribution in [3.8, 4) is 55.6 Å². The number of nitrogens with zero attached hydrogens (tertiary/aromatic N) is 2. The molecule has 0 fully saturated rings. The van der Waals surface area contributed by atoms with Gasteiger partial charge >= 0.3 is 0 Å². The molecular formula is C48H30N2S. The minimum atomic E-state index is 0.981. The number of benzene rings is 8. The average Bonchev–Trinajstić information content (AvgIpc) is 3.60. The summed E-state index contributed by atoms with van der Waals surface area (Å²) < 4.78 is 2.31. The van der Waals surface area contributed by atoms with Gasteiger partial charge in [0.15, 0.2) is 0 Å². The van der Waals surface area contributed by atoms with Crippen molar-refractivity contribution in [2.75, 3.05) is 0 Å². The molecule has 0 saturated heterocycles. The highest BCUT2D eigenvalue weighted by Gasteiger charge is 2.21. The van der Waals surface area contributed by atoms with E-state index in [2.05, 4.69) is 182 Å². The molecule has 10 aromatic rings. The normalized spacial score (nSPS) is 11.5. The number of para-hydroxylation sites is 1. The molecular weight excluding hydrogens is 637 g/mol. The maximum atomic E-state index is 5.63. The molecule has 0 aliphatic heterocycles. The number of hydrogen-bond acceptors (Lipinski definition) is 3. The topological polar surface area (TPSA) is 25.8 Å². The largest absolute Gasteiger partial charge is 0.248 e. The minimum Gasteiger partial charge on any atom is -0.248 e. The highest BCUT2D eigenvalue weighted by atomic mass is 32.1. The standard InChI is InChI=1S/C48H30N2S/c1-3-15-31(16-4-1)33-19-7-8-20-35(33)36-21-9-10-22-37(36)38-23-11-12-24-39(38)45-34(32-17-5-2-6-18-32)27-29-43-47(45)50-48-44(51-43)30-28-42-46(48)40-25-13-14-26-41(40)49-42/h1-30H. The van der Waals surface area contributed by atoms with Crippen molar-refractivity contribution in [3.05, 3.63) is 182 Å². The number of hydrogen-bond donors (Lipinski definition) is 0. The maximum absolute atomic E-state index is 5.63. The van der Waals surface area contributed by atoms with Crippen LogP contribution in [0.4, 0.5) is 0 Å². The van der Waals surface area contributed by atoms with Gasteiger partial charge in [-0.2, -0.15) is 0 Å². The van der Waals surface area contributed by atoms with Gasteiger partial charge in [-0.05, 0) is 74.3 Å². The van der Waals surface area contributed by atoms with E-state index in [-0.39, 0.29) is 0 Å². The zero-order valence-corrected chi connectivity index (χ0v) is 28.4. The Labute approximate surface area is 300 Å². The van der Waals surface area contributed by atoms with Crippen molar-refractivity contribution in [2.24, 2.45) is 0 Å². The van der Waals surface area contributed by atoms with E-state index in [0.717, 1.165) is 64.5 Å². The van der Waals surface area contributed by atoms with Gasteiger partial charge in [0.25, 0.3) is 0 Å². The molecule has 0 bridgehead atoms. The Hall–Kier alpha value is -6.42. The molecule has 0 unspecified atom stereocenters. The fourth-order valence-electron chi connectivity index (χ4n) is 7.63. The summed E-state index contributed by atoms with van der Waals surface area (Å²) in [5, 5.41) is 2.26. The molecule has 3 heteroatoms. The van der Waals surface area contributed by atoms with Gasteiger partial charge in [-0.25, -0.2) is 9.97 Å². The Balaban J connectivity index is 1.29. The number of fused-ring (bicyclic) bond motifs is 6. The Morgan fingerprint density at radius 1 is 0.314 bits per heavy atom. The van der Waals surface area contributed by atoms with E-state index in [0.29, 0.717) is 0 Å². The van der Waals surface area contributed by atoms with Crippen LogP contribution in [0.2, 0.25) is 0 Å². The Kier molecular flexibility index (Phi) is 7.04. The first-order valence-corrected chi connectivity index (χ1v) is 18.1. The van der Waals surface area contributed by atoms with E-state index >= 15 is 0 Å². The second-order valence-corrected chi connectivity index (χ2v) is 13.9. The van der Waals surface area contributed by atoms with Crippen molar-refractivity contribution in [1.29, 1.82) is 0 Å². The van der Waals surface area contributed by atoms with Crippen LogP contribution in [0.1, 0.15) is 0 Å². The summed E-state index contributed by atoms with van der Waals surface area (Å²) in [5.41, 5.74) is 15.8. The third kappa shape index (κ3) is 4.93. The first-order chi connectivity index (χ1) is 25.3. The molecule has 0 amide bonds. The minimum absolute atomic E-state index is 0.981. The van der Waals surface area contributed by atoms with Crippen LogP contribution in [0, 0.1) is 0 Å². The lowest BCUT2D eigenvalue weighted by atomic mass is 9.85. The highest BCUT2D eigenvalue weighted by Crippen LogP contribution is 2.47. The van der Waals surface area contributed by atoms with Gasteiger partial charge in [0, 0.05) is 16.3 Å². The molecule has 2 heterocycles. The molecule has 2 aromatic heterocycles. The molecule has 0 radical (unpaired) electrons. The van der Waals surface area contributed by atoms with Crippen molar-refractivity contribution >= 4 is 53.6 Å². The van der Waals surface area contributed by atoms with E-state index in [1.807, 2.05) is 0 Å². The quantitative estimate of drug-likeness (QED) is 0.171. The SMILES string of the molecule is c1ccc(-c2ccccc2-c2ccccc2-c2ccccc2-c2c(-c3ccccc3)ccc3sc4ccc5nc6ccccc6c5c4nc23)cc1. The molecule has 0 spiro atoms. The lowest BCUT2D eigenvalue weighted by molar-refractivity contribution is 1.51. The highest BCUT2D eigenvalue weighted by molar-refractivity contribution is 7.24. The van der Waals surface area contributed by atoms with Crippen molar-refractivity contribution < 1.29 is 0 Å². The van der Waals surface area contributed by atoms with E-state index < -0.39 is 0 Å². The molecule has 10 rings (SSSR count). The molecule has 0 atom stereocenters. The molecule has 0 aliphatic rings. The second-order valence-electron chi connectivity index (χ2n) is 12.9. The van der Waals surface area contributed by atoms with Gasteiger partial charge in [0.2, 0.25) is 0 Å². The molecule has 51 heavy (non-hydrogen) atoms. The predicted molar refractivity (Wildman–Crippen MR) is 217 cm³/mol. The average molecular weight is 667 g/mol. The Morgan fingerprint density at radius 2 is 0.804 bits per heavy atom. The third-order valence-corrected chi connectivity index (χ3v) is 11.0. The molecule has 2 nitrogen and oxygen atoms in total. The summed E-state index contributed by atoms with van der Waals surface area (Å²) in [5.74, 6) is 0. The van der Waals surface area contributed by atoms with Crippen LogP contribution in [-0.2, 0) is 0 Å². The number of aromatic nitrogens is 2. The van der Waals surface area contributed by atoms with Gasteiger partial charge < -0.3 is 0 Å². The lowest BCUT2D eigenvalue weighted by Gasteiger charge is -2.20. The van der Waals surface area contributed by atoms with Crippen LogP contribution in [0.25, 0.3) is 97.9 Å². The third-order valence-electron chi connectivity index (χ3n) is 9.92. The molecule has 8 aromatic carbocycles. The summed E-state index contributed by atoms with van der Waals surface area (Å²) in [6.45, 7) is 0. The summed E-state index contributed by atoms with van der Waals surface area (Å²) >= 11 is 1.80. The van der Waals surface area contributed by atoms with Crippen LogP contribution in [0.3, 0.4) is 0 Å². The molecule has 0 aliphatic carbocycles. The zero-order valence-electron chi connectivity index (χ0n) is 27.6. The molecule has 0 saturated carbocycles. The van der Waals surface area contributed by atoms with Crippen LogP contribution in [0.15, 0.2) is 182 Å². The van der Waals surface area contributed by atoms with Crippen molar-refractivity contribution in [1.82, 2.24) is 9.97 Å². The lowest BCUT2D eigenvalue weighted by Crippen LogP contribution is -1.95. The van der Waals surface area contributed by atoms with Crippen LogP contribution >= 0.6 is 11.3 Å². The maximum Gasteiger partial charge on any atom is 0.0910 e. The molecule has 0 N–H and O–H groups in total. The van der Waals surface area contributed by atoms with E-state index in [1.165, 1.54) is 33.4 Å². The summed E-state index contributed by atoms with van der Waals surface area (Å²) in [6.07, 6.45) is 0. The summed E-state index contributed by atoms with van der Waals surface area (Å²) in [4.78, 5) is 10.6. The van der Waals surface area contributed by atoms with Crippen LogP contribution in [0.5, 0.6) is 0 Å². The molecule has 238 valence electrons. The summed E-state index contributed by atoms with van der Waals surface area (Å²) in [6, 6.07) is 65.1. The van der Waals surface area contributed by atoms with Crippen molar-refractivity contribution in [2.45, 2.75) is 0 Å². The van der Waals surface area contributed by atoms with Gasteiger partial charge in [-0.15, -0.1) is 11.3 Å².